The lowest BCUT2D eigenvalue weighted by Gasteiger charge is -2.37. The zero-order chi connectivity index (χ0) is 44.0. The molecule has 0 aromatic rings. The van der Waals surface area contributed by atoms with Gasteiger partial charge in [0, 0.05) is 64.8 Å². The number of carboxylic acid groups (broad SMARTS) is 3. The quantitative estimate of drug-likeness (QED) is 0.0388. The first-order valence-corrected chi connectivity index (χ1v) is 24.7. The van der Waals surface area contributed by atoms with Crippen LogP contribution < -0.4 is 10.2 Å². The van der Waals surface area contributed by atoms with Gasteiger partial charge in [-0.2, -0.15) is 0 Å². The molecule has 0 aromatic carbocycles. The molecule has 350 valence electrons. The molecule has 0 aliphatic heterocycles. The second kappa shape index (κ2) is 37.9. The monoisotopic (exact) mass is 866 g/mol. The standard InChI is InChI=1S/C42H86N4O12Si/c1-4-6-8-10-12-14-16-18-27-46(3,28-19-17-15-13-11-9-7-5-2)29-20-36-59(56-33-24-43(21-30-47)37-40(50)51,57-34-25-44(22-31-48)38-41(52)53)58-35-26-45(23-32-49)39-42(54)55/h47-49H,4-39H2,1-3H3,(H2-,50,51,52,53,54,55)/p-1. The number of aliphatic hydroxyl groups is 3. The van der Waals surface area contributed by atoms with Crippen molar-refractivity contribution < 1.29 is 62.8 Å². The van der Waals surface area contributed by atoms with Crippen LogP contribution in [-0.4, -0.2) is 192 Å². The number of quaternary nitrogens is 1. The van der Waals surface area contributed by atoms with E-state index in [2.05, 4.69) is 20.9 Å². The number of aliphatic hydroxyl groups excluding tert-OH is 3. The summed E-state index contributed by atoms with van der Waals surface area (Å²) < 4.78 is 20.5. The highest BCUT2D eigenvalue weighted by molar-refractivity contribution is 6.60. The zero-order valence-corrected chi connectivity index (χ0v) is 38.3. The summed E-state index contributed by atoms with van der Waals surface area (Å²) in [6, 6.07) is 0.398. The molecule has 4 N–H and O–H groups in total. The van der Waals surface area contributed by atoms with Gasteiger partial charge in [-0.25, -0.2) is 0 Å². The van der Waals surface area contributed by atoms with E-state index in [0.29, 0.717) is 12.5 Å². The number of hydrogen-bond acceptors (Lipinski definition) is 14. The van der Waals surface area contributed by atoms with Crippen molar-refractivity contribution in [2.75, 3.05) is 125 Å². The molecular weight excluding hydrogens is 781 g/mol. The van der Waals surface area contributed by atoms with Gasteiger partial charge < -0.3 is 58.0 Å². The van der Waals surface area contributed by atoms with E-state index in [1.807, 2.05) is 0 Å². The minimum atomic E-state index is -3.66. The van der Waals surface area contributed by atoms with Gasteiger partial charge in [0.25, 0.3) is 0 Å². The summed E-state index contributed by atoms with van der Waals surface area (Å²) >= 11 is 0. The van der Waals surface area contributed by atoms with Gasteiger partial charge in [0.15, 0.2) is 0 Å². The van der Waals surface area contributed by atoms with E-state index in [4.69, 9.17) is 13.3 Å². The van der Waals surface area contributed by atoms with Crippen molar-refractivity contribution in [3.63, 3.8) is 0 Å². The summed E-state index contributed by atoms with van der Waals surface area (Å²) in [6.07, 6.45) is 20.6. The number of carboxylic acids is 3. The number of hydrogen-bond donors (Lipinski definition) is 4. The number of aliphatic carboxylic acids is 3. The Morgan fingerprint density at radius 3 is 1.15 bits per heavy atom. The van der Waals surface area contributed by atoms with Crippen LogP contribution in [-0.2, 0) is 27.7 Å². The zero-order valence-electron chi connectivity index (χ0n) is 37.3. The molecule has 0 amide bonds. The van der Waals surface area contributed by atoms with Crippen molar-refractivity contribution in [1.29, 1.82) is 0 Å². The van der Waals surface area contributed by atoms with Gasteiger partial charge in [-0.05, 0) is 25.7 Å². The minimum Gasteiger partial charge on any atom is -0.549 e. The highest BCUT2D eigenvalue weighted by Crippen LogP contribution is 2.22. The van der Waals surface area contributed by atoms with Crippen molar-refractivity contribution in [3.05, 3.63) is 0 Å². The molecule has 0 rings (SSSR count). The van der Waals surface area contributed by atoms with Gasteiger partial charge in [0.1, 0.15) is 0 Å². The van der Waals surface area contributed by atoms with Crippen molar-refractivity contribution in [1.82, 2.24) is 14.7 Å². The maximum Gasteiger partial charge on any atom is 0.501 e. The fraction of sp³-hybridized carbons (Fsp3) is 0.929. The summed E-state index contributed by atoms with van der Waals surface area (Å²) in [4.78, 5) is 38.9. The second-order valence-electron chi connectivity index (χ2n) is 16.2. The molecular formula is C42H85N4O12Si-. The van der Waals surface area contributed by atoms with E-state index in [1.165, 1.54) is 99.7 Å². The molecule has 17 heteroatoms. The Bertz CT molecular complexity index is 935. The van der Waals surface area contributed by atoms with E-state index in [9.17, 15) is 45.0 Å². The summed E-state index contributed by atoms with van der Waals surface area (Å²) in [6.45, 7) is 6.32. The number of unbranched alkanes of at least 4 members (excludes halogenated alkanes) is 14. The Hall–Kier alpha value is -1.77. The van der Waals surface area contributed by atoms with Crippen molar-refractivity contribution in [3.8, 4) is 0 Å². The Morgan fingerprint density at radius 2 is 0.831 bits per heavy atom. The first kappa shape index (κ1) is 57.2. The van der Waals surface area contributed by atoms with Crippen LogP contribution in [0, 0.1) is 0 Å². The molecule has 0 radical (unpaired) electrons. The Kier molecular flexibility index (Phi) is 36.8. The Morgan fingerprint density at radius 1 is 0.508 bits per heavy atom. The van der Waals surface area contributed by atoms with E-state index >= 15 is 0 Å². The third-order valence-corrected chi connectivity index (χ3v) is 13.7. The van der Waals surface area contributed by atoms with Gasteiger partial charge in [-0.15, -0.1) is 0 Å². The van der Waals surface area contributed by atoms with E-state index < -0.39 is 39.8 Å². The highest BCUT2D eigenvalue weighted by atomic mass is 28.4. The first-order valence-electron chi connectivity index (χ1n) is 22.7. The maximum atomic E-state index is 11.5. The van der Waals surface area contributed by atoms with Crippen LogP contribution in [0.3, 0.4) is 0 Å². The Balaban J connectivity index is 6.28. The molecule has 0 aliphatic rings. The summed E-state index contributed by atoms with van der Waals surface area (Å²) in [5.74, 6) is -3.63. The lowest BCUT2D eigenvalue weighted by Crippen LogP contribution is -2.52. The molecule has 0 heterocycles. The fourth-order valence-corrected chi connectivity index (χ4v) is 9.87. The van der Waals surface area contributed by atoms with Crippen LogP contribution in [0.15, 0.2) is 0 Å². The van der Waals surface area contributed by atoms with Gasteiger partial charge in [0.05, 0.1) is 84.8 Å². The summed E-state index contributed by atoms with van der Waals surface area (Å²) in [5, 5.41) is 61.0. The minimum absolute atomic E-state index is 0.0109. The predicted octanol–water partition coefficient (Wildman–Crippen LogP) is 1.56. The average Bonchev–Trinajstić information content (AvgIpc) is 3.16. The van der Waals surface area contributed by atoms with E-state index in [1.54, 1.807) is 4.90 Å². The predicted molar refractivity (Wildman–Crippen MR) is 227 cm³/mol. The maximum absolute atomic E-state index is 11.5. The molecule has 0 aromatic heterocycles. The van der Waals surface area contributed by atoms with Crippen LogP contribution in [0.25, 0.3) is 0 Å². The average molecular weight is 866 g/mol. The van der Waals surface area contributed by atoms with Crippen LogP contribution >= 0.6 is 0 Å². The van der Waals surface area contributed by atoms with Gasteiger partial charge in [0.2, 0.25) is 0 Å². The molecule has 0 saturated carbocycles. The van der Waals surface area contributed by atoms with Gasteiger partial charge in [-0.1, -0.05) is 90.9 Å². The van der Waals surface area contributed by atoms with Crippen LogP contribution in [0.2, 0.25) is 6.04 Å². The molecule has 16 nitrogen and oxygen atoms in total. The molecule has 0 saturated heterocycles. The molecule has 59 heavy (non-hydrogen) atoms. The van der Waals surface area contributed by atoms with E-state index in [0.717, 1.165) is 37.0 Å². The number of carbonyl (C=O) groups excluding carboxylic acids is 2. The number of rotatable bonds is 46. The lowest BCUT2D eigenvalue weighted by atomic mass is 10.1. The van der Waals surface area contributed by atoms with Crippen LogP contribution in [0.4, 0.5) is 0 Å². The van der Waals surface area contributed by atoms with Gasteiger partial charge >= 0.3 is 14.8 Å². The topological polar surface area (TPSA) is 216 Å². The highest BCUT2D eigenvalue weighted by Gasteiger charge is 2.42. The van der Waals surface area contributed by atoms with Crippen molar-refractivity contribution >= 4 is 26.7 Å². The Labute approximate surface area is 357 Å². The molecule has 0 unspecified atom stereocenters. The first-order chi connectivity index (χ1) is 28.4. The smallest absolute Gasteiger partial charge is 0.501 e. The molecule has 0 spiro atoms. The second-order valence-corrected chi connectivity index (χ2v) is 18.9. The van der Waals surface area contributed by atoms with E-state index in [-0.39, 0.29) is 85.5 Å². The fourth-order valence-electron chi connectivity index (χ4n) is 7.39. The van der Waals surface area contributed by atoms with Gasteiger partial charge in [-0.3, -0.25) is 19.5 Å². The SMILES string of the molecule is CCCCCCCCCC[N+](C)(CCCCCCCCCC)CCC[Si](OCCN(CCO)CC(=O)[O-])(OCCN(CCO)CC(=O)[O-])OCCN(CCO)CC(=O)O. The third kappa shape index (κ3) is 33.5. The van der Waals surface area contributed by atoms with Crippen molar-refractivity contribution in [2.24, 2.45) is 0 Å². The largest absolute Gasteiger partial charge is 0.549 e. The lowest BCUT2D eigenvalue weighted by molar-refractivity contribution is -0.910. The molecule has 0 atom stereocenters. The molecule has 0 bridgehead atoms. The summed E-state index contributed by atoms with van der Waals surface area (Å²) in [5.41, 5.74) is 0. The van der Waals surface area contributed by atoms with Crippen LogP contribution in [0.5, 0.6) is 0 Å². The van der Waals surface area contributed by atoms with Crippen molar-refractivity contribution in [2.45, 2.75) is 129 Å². The van der Waals surface area contributed by atoms with Crippen LogP contribution in [0.1, 0.15) is 123 Å². The third-order valence-electron chi connectivity index (χ3n) is 10.8. The molecule has 0 fully saturated rings. The normalized spacial score (nSPS) is 12.4. The number of carbonyl (C=O) groups is 3. The summed E-state index contributed by atoms with van der Waals surface area (Å²) in [7, 11) is -1.33. The molecule has 0 aliphatic carbocycles. The number of nitrogens with zero attached hydrogens (tertiary/aromatic N) is 4.